The van der Waals surface area contributed by atoms with Crippen LogP contribution in [0.15, 0.2) is 48.5 Å². The highest BCUT2D eigenvalue weighted by Gasteiger charge is 2.31. The molecule has 0 aliphatic heterocycles. The summed E-state index contributed by atoms with van der Waals surface area (Å²) in [4.78, 5) is 36.2. The Labute approximate surface area is 172 Å². The number of phenols is 1. The maximum Gasteiger partial charge on any atom is 0.326 e. The quantitative estimate of drug-likeness (QED) is 0.608. The Kier molecular flexibility index (Phi) is 7.78. The Morgan fingerprint density at radius 2 is 1.66 bits per heavy atom. The molecule has 0 aromatic heterocycles. The van der Waals surface area contributed by atoms with Crippen LogP contribution in [-0.4, -0.2) is 38.5 Å². The van der Waals surface area contributed by atoms with Crippen LogP contribution in [0.5, 0.6) is 5.75 Å². The summed E-state index contributed by atoms with van der Waals surface area (Å²) in [6, 6.07) is 10.4. The van der Waals surface area contributed by atoms with E-state index in [4.69, 9.17) is 0 Å². The first-order chi connectivity index (χ1) is 13.7. The van der Waals surface area contributed by atoms with Crippen molar-refractivity contribution in [2.75, 3.05) is 0 Å². The maximum absolute atomic E-state index is 13.2. The molecule has 1 amide bonds. The molecule has 2 rings (SSSR count). The zero-order valence-electron chi connectivity index (χ0n) is 16.0. The summed E-state index contributed by atoms with van der Waals surface area (Å²) < 4.78 is 13.2. The second-order valence-corrected chi connectivity index (χ2v) is 7.96. The van der Waals surface area contributed by atoms with Crippen molar-refractivity contribution in [3.63, 3.8) is 0 Å². The van der Waals surface area contributed by atoms with Crippen LogP contribution in [-0.2, 0) is 20.8 Å². The SMILES string of the molecule is CC(=O)SC(C(=O)NC(Cc1ccc(O)cc1)C(=O)O)C(C)c1ccc(F)cc1. The van der Waals surface area contributed by atoms with Gasteiger partial charge in [0, 0.05) is 19.3 Å². The Morgan fingerprint density at radius 3 is 2.17 bits per heavy atom. The third kappa shape index (κ3) is 6.60. The van der Waals surface area contributed by atoms with Crippen LogP contribution in [0.1, 0.15) is 30.9 Å². The van der Waals surface area contributed by atoms with Crippen molar-refractivity contribution in [3.05, 3.63) is 65.5 Å². The van der Waals surface area contributed by atoms with Crippen LogP contribution >= 0.6 is 11.8 Å². The number of amides is 1. The predicted octanol–water partition coefficient (Wildman–Crippen LogP) is 3.10. The molecule has 29 heavy (non-hydrogen) atoms. The highest BCUT2D eigenvalue weighted by molar-refractivity contribution is 8.14. The monoisotopic (exact) mass is 419 g/mol. The van der Waals surface area contributed by atoms with Gasteiger partial charge in [0.2, 0.25) is 5.91 Å². The smallest absolute Gasteiger partial charge is 0.326 e. The van der Waals surface area contributed by atoms with Crippen molar-refractivity contribution in [2.45, 2.75) is 37.5 Å². The molecule has 0 fully saturated rings. The molecule has 0 bridgehead atoms. The van der Waals surface area contributed by atoms with E-state index in [1.54, 1.807) is 19.1 Å². The summed E-state index contributed by atoms with van der Waals surface area (Å²) >= 11 is 0.806. The van der Waals surface area contributed by atoms with Crippen LogP contribution in [0.25, 0.3) is 0 Å². The molecule has 3 atom stereocenters. The third-order valence-corrected chi connectivity index (χ3v) is 5.60. The first-order valence-corrected chi connectivity index (χ1v) is 9.79. The van der Waals surface area contributed by atoms with Crippen LogP contribution in [0.2, 0.25) is 0 Å². The van der Waals surface area contributed by atoms with Crippen LogP contribution in [0, 0.1) is 5.82 Å². The van der Waals surface area contributed by atoms with Gasteiger partial charge < -0.3 is 15.5 Å². The van der Waals surface area contributed by atoms with E-state index in [9.17, 15) is 29.0 Å². The molecule has 0 aliphatic carbocycles. The minimum absolute atomic E-state index is 0.0176. The number of halogens is 1. The molecule has 0 heterocycles. The van der Waals surface area contributed by atoms with Gasteiger partial charge in [-0.3, -0.25) is 9.59 Å². The van der Waals surface area contributed by atoms with Gasteiger partial charge in [0.1, 0.15) is 17.6 Å². The van der Waals surface area contributed by atoms with Crippen LogP contribution < -0.4 is 5.32 Å². The number of carbonyl (C=O) groups excluding carboxylic acids is 2. The van der Waals surface area contributed by atoms with Gasteiger partial charge in [-0.15, -0.1) is 0 Å². The molecule has 0 saturated heterocycles. The van der Waals surface area contributed by atoms with Crippen molar-refractivity contribution in [2.24, 2.45) is 0 Å². The Bertz CT molecular complexity index is 870. The normalized spacial score (nSPS) is 13.9. The number of aliphatic carboxylic acids is 1. The van der Waals surface area contributed by atoms with Crippen molar-refractivity contribution in [1.29, 1.82) is 0 Å². The Balaban J connectivity index is 2.19. The molecule has 0 spiro atoms. The summed E-state index contributed by atoms with van der Waals surface area (Å²) in [5.74, 6) is -2.62. The van der Waals surface area contributed by atoms with E-state index in [1.165, 1.54) is 43.3 Å². The van der Waals surface area contributed by atoms with Gasteiger partial charge in [-0.25, -0.2) is 9.18 Å². The van der Waals surface area contributed by atoms with E-state index in [2.05, 4.69) is 5.32 Å². The lowest BCUT2D eigenvalue weighted by atomic mass is 9.96. The summed E-state index contributed by atoms with van der Waals surface area (Å²) in [5.41, 5.74) is 1.28. The van der Waals surface area contributed by atoms with Gasteiger partial charge >= 0.3 is 5.97 Å². The summed E-state index contributed by atoms with van der Waals surface area (Å²) in [6.07, 6.45) is 0.0176. The molecule has 154 valence electrons. The molecule has 6 nitrogen and oxygen atoms in total. The predicted molar refractivity (Wildman–Crippen MR) is 108 cm³/mol. The summed E-state index contributed by atoms with van der Waals surface area (Å²) in [7, 11) is 0. The van der Waals surface area contributed by atoms with Gasteiger partial charge in [-0.1, -0.05) is 43.0 Å². The second kappa shape index (κ2) is 10.1. The molecule has 2 aromatic carbocycles. The number of hydrogen-bond acceptors (Lipinski definition) is 5. The molecular weight excluding hydrogens is 397 g/mol. The standard InChI is InChI=1S/C21H22FNO5S/c1-12(15-5-7-16(22)8-6-15)19(29-13(2)24)20(26)23-18(21(27)28)11-14-3-9-17(25)10-4-14/h3-10,12,18-19,25H,11H2,1-2H3,(H,23,26)(H,27,28). The Morgan fingerprint density at radius 1 is 1.07 bits per heavy atom. The lowest BCUT2D eigenvalue weighted by Crippen LogP contribution is -2.47. The lowest BCUT2D eigenvalue weighted by Gasteiger charge is -2.24. The minimum Gasteiger partial charge on any atom is -0.508 e. The van der Waals surface area contributed by atoms with E-state index in [0.717, 1.165) is 11.8 Å². The molecule has 0 saturated carbocycles. The lowest BCUT2D eigenvalue weighted by molar-refractivity contribution is -0.141. The molecule has 8 heteroatoms. The zero-order valence-corrected chi connectivity index (χ0v) is 16.8. The van der Waals surface area contributed by atoms with Gasteiger partial charge in [0.15, 0.2) is 5.12 Å². The topological polar surface area (TPSA) is 104 Å². The van der Waals surface area contributed by atoms with E-state index in [-0.39, 0.29) is 17.3 Å². The first-order valence-electron chi connectivity index (χ1n) is 8.91. The fourth-order valence-corrected chi connectivity index (χ4v) is 3.72. The average Bonchev–Trinajstić information content (AvgIpc) is 2.67. The van der Waals surface area contributed by atoms with Crippen molar-refractivity contribution in [3.8, 4) is 5.75 Å². The molecule has 2 aromatic rings. The highest BCUT2D eigenvalue weighted by Crippen LogP contribution is 2.29. The first kappa shape index (κ1) is 22.4. The van der Waals surface area contributed by atoms with E-state index in [0.29, 0.717) is 11.1 Å². The van der Waals surface area contributed by atoms with E-state index < -0.39 is 34.9 Å². The van der Waals surface area contributed by atoms with Crippen LogP contribution in [0.3, 0.4) is 0 Å². The highest BCUT2D eigenvalue weighted by atomic mass is 32.2. The number of carboxylic acid groups (broad SMARTS) is 1. The van der Waals surface area contributed by atoms with E-state index in [1.807, 2.05) is 0 Å². The summed E-state index contributed by atoms with van der Waals surface area (Å²) in [5, 5.41) is 20.2. The third-order valence-electron chi connectivity index (χ3n) is 4.39. The number of benzene rings is 2. The van der Waals surface area contributed by atoms with Gasteiger partial charge in [-0.2, -0.15) is 0 Å². The Hall–Kier alpha value is -2.87. The zero-order chi connectivity index (χ0) is 21.6. The summed E-state index contributed by atoms with van der Waals surface area (Å²) in [6.45, 7) is 3.05. The molecule has 0 aliphatic rings. The molecule has 3 unspecified atom stereocenters. The van der Waals surface area contributed by atoms with Gasteiger partial charge in [-0.05, 0) is 35.4 Å². The van der Waals surface area contributed by atoms with Gasteiger partial charge in [0.25, 0.3) is 0 Å². The number of rotatable bonds is 8. The number of thioether (sulfide) groups is 1. The number of hydrogen-bond donors (Lipinski definition) is 3. The maximum atomic E-state index is 13.2. The van der Waals surface area contributed by atoms with Crippen LogP contribution in [0.4, 0.5) is 4.39 Å². The molecule has 3 N–H and O–H groups in total. The minimum atomic E-state index is -1.22. The largest absolute Gasteiger partial charge is 0.508 e. The van der Waals surface area contributed by atoms with Crippen molar-refractivity contribution < 1.29 is 29.0 Å². The molecule has 0 radical (unpaired) electrons. The number of aromatic hydroxyl groups is 1. The number of phenolic OH excluding ortho intramolecular Hbond substituents is 1. The van der Waals surface area contributed by atoms with Crippen molar-refractivity contribution in [1.82, 2.24) is 5.32 Å². The fraction of sp³-hybridized carbons (Fsp3) is 0.286. The van der Waals surface area contributed by atoms with Crippen molar-refractivity contribution >= 4 is 28.8 Å². The second-order valence-electron chi connectivity index (χ2n) is 6.64. The number of carboxylic acids is 1. The number of carbonyl (C=O) groups is 3. The van der Waals surface area contributed by atoms with Gasteiger partial charge in [0.05, 0.1) is 5.25 Å². The number of nitrogens with one attached hydrogen (secondary N) is 1. The molecular formula is C21H22FNO5S. The fourth-order valence-electron chi connectivity index (χ4n) is 2.82. The average molecular weight is 419 g/mol. The van der Waals surface area contributed by atoms with E-state index >= 15 is 0 Å².